The number of nitrogens with zero attached hydrogens (tertiary/aromatic N) is 2. The van der Waals surface area contributed by atoms with E-state index in [-0.39, 0.29) is 6.04 Å². The van der Waals surface area contributed by atoms with Gasteiger partial charge in [-0.15, -0.1) is 0 Å². The van der Waals surface area contributed by atoms with Gasteiger partial charge in [0, 0.05) is 32.3 Å². The van der Waals surface area contributed by atoms with E-state index in [4.69, 9.17) is 9.47 Å². The highest BCUT2D eigenvalue weighted by Crippen LogP contribution is 2.30. The Kier molecular flexibility index (Phi) is 8.43. The molecule has 1 aliphatic carbocycles. The minimum absolute atomic E-state index is 0.287. The Morgan fingerprint density at radius 2 is 2.14 bits per heavy atom. The lowest BCUT2D eigenvalue weighted by Gasteiger charge is -2.36. The summed E-state index contributed by atoms with van der Waals surface area (Å²) >= 11 is 0. The Morgan fingerprint density at radius 3 is 2.90 bits per heavy atom. The second-order valence-corrected chi connectivity index (χ2v) is 7.96. The first-order valence-corrected chi connectivity index (χ1v) is 10.9. The highest BCUT2D eigenvalue weighted by molar-refractivity contribution is 5.80. The monoisotopic (exact) mass is 404 g/mol. The van der Waals surface area contributed by atoms with Crippen LogP contribution >= 0.6 is 0 Å². The average Bonchev–Trinajstić information content (AvgIpc) is 3.57. The Hall–Kier alpha value is -1.99. The predicted octanol–water partition coefficient (Wildman–Crippen LogP) is 2.01. The lowest BCUT2D eigenvalue weighted by atomic mass is 10.0. The fraction of sp³-hybridized carbons (Fsp3) is 0.682. The smallest absolute Gasteiger partial charge is 0.191 e. The third kappa shape index (κ3) is 7.08. The molecule has 29 heavy (non-hydrogen) atoms. The lowest BCUT2D eigenvalue weighted by molar-refractivity contribution is 0.0368. The van der Waals surface area contributed by atoms with Crippen LogP contribution in [-0.4, -0.2) is 69.7 Å². The number of aliphatic hydroxyl groups excluding tert-OH is 1. The van der Waals surface area contributed by atoms with Gasteiger partial charge in [0.25, 0.3) is 0 Å². The summed E-state index contributed by atoms with van der Waals surface area (Å²) < 4.78 is 11.1. The van der Waals surface area contributed by atoms with Gasteiger partial charge in [-0.1, -0.05) is 12.1 Å². The normalized spacial score (nSPS) is 21.0. The van der Waals surface area contributed by atoms with E-state index >= 15 is 0 Å². The van der Waals surface area contributed by atoms with Gasteiger partial charge in [0.05, 0.1) is 32.1 Å². The van der Waals surface area contributed by atoms with Gasteiger partial charge in [-0.3, -0.25) is 4.99 Å². The van der Waals surface area contributed by atoms with E-state index in [1.807, 2.05) is 25.1 Å². The molecule has 2 atom stereocenters. The first kappa shape index (κ1) is 21.7. The largest absolute Gasteiger partial charge is 0.495 e. The van der Waals surface area contributed by atoms with Gasteiger partial charge in [0.2, 0.25) is 0 Å². The summed E-state index contributed by atoms with van der Waals surface area (Å²) in [5, 5.41) is 17.0. The summed E-state index contributed by atoms with van der Waals surface area (Å²) in [5.74, 6) is 2.37. The minimum Gasteiger partial charge on any atom is -0.495 e. The highest BCUT2D eigenvalue weighted by Gasteiger charge is 2.23. The van der Waals surface area contributed by atoms with Crippen LogP contribution in [0, 0.1) is 5.92 Å². The number of hydrogen-bond donors (Lipinski definition) is 3. The Labute approximate surface area is 174 Å². The number of methoxy groups -OCH3 is 1. The summed E-state index contributed by atoms with van der Waals surface area (Å²) in [7, 11) is 1.72. The lowest BCUT2D eigenvalue weighted by Crippen LogP contribution is -2.51. The fourth-order valence-corrected chi connectivity index (χ4v) is 3.62. The number of aliphatic imine (C=N–C) groups is 1. The molecule has 1 saturated carbocycles. The van der Waals surface area contributed by atoms with E-state index in [2.05, 4.69) is 26.6 Å². The van der Waals surface area contributed by atoms with Crippen LogP contribution in [0.2, 0.25) is 0 Å². The van der Waals surface area contributed by atoms with Crippen LogP contribution in [0.15, 0.2) is 29.3 Å². The van der Waals surface area contributed by atoms with Gasteiger partial charge >= 0.3 is 0 Å². The van der Waals surface area contributed by atoms with Crippen molar-refractivity contribution in [1.82, 2.24) is 10.6 Å². The predicted molar refractivity (Wildman–Crippen MR) is 117 cm³/mol. The molecule has 0 aromatic heterocycles. The van der Waals surface area contributed by atoms with Gasteiger partial charge in [-0.25, -0.2) is 0 Å². The first-order valence-electron chi connectivity index (χ1n) is 10.9. The van der Waals surface area contributed by atoms with E-state index in [0.29, 0.717) is 19.1 Å². The molecule has 1 saturated heterocycles. The molecule has 2 unspecified atom stereocenters. The van der Waals surface area contributed by atoms with Gasteiger partial charge in [0.15, 0.2) is 5.96 Å². The Bertz CT molecular complexity index is 651. The zero-order valence-electron chi connectivity index (χ0n) is 17.8. The highest BCUT2D eigenvalue weighted by atomic mass is 16.5. The molecule has 7 heteroatoms. The number of para-hydroxylation sites is 2. The van der Waals surface area contributed by atoms with Crippen molar-refractivity contribution in [2.75, 3.05) is 51.4 Å². The third-order valence-electron chi connectivity index (χ3n) is 5.35. The molecule has 3 rings (SSSR count). The number of aliphatic hydroxyl groups is 1. The van der Waals surface area contributed by atoms with E-state index in [1.165, 1.54) is 12.8 Å². The van der Waals surface area contributed by atoms with Crippen LogP contribution in [0.4, 0.5) is 5.69 Å². The van der Waals surface area contributed by atoms with Crippen LogP contribution in [0.25, 0.3) is 0 Å². The summed E-state index contributed by atoms with van der Waals surface area (Å²) in [5.41, 5.74) is 1.13. The zero-order chi connectivity index (χ0) is 20.5. The van der Waals surface area contributed by atoms with Crippen molar-refractivity contribution in [2.24, 2.45) is 10.9 Å². The number of nitrogens with one attached hydrogen (secondary N) is 2. The molecular formula is C22H36N4O3. The van der Waals surface area contributed by atoms with Crippen molar-refractivity contribution < 1.29 is 14.6 Å². The average molecular weight is 405 g/mol. The quantitative estimate of drug-likeness (QED) is 0.409. The molecule has 2 aliphatic rings. The molecule has 3 N–H and O–H groups in total. The van der Waals surface area contributed by atoms with Crippen molar-refractivity contribution >= 4 is 11.6 Å². The zero-order valence-corrected chi connectivity index (χ0v) is 17.8. The summed E-state index contributed by atoms with van der Waals surface area (Å²) in [6.07, 6.45) is 4.14. The number of ether oxygens (including phenoxy) is 2. The molecule has 1 heterocycles. The van der Waals surface area contributed by atoms with Crippen molar-refractivity contribution in [3.05, 3.63) is 24.3 Å². The number of rotatable bonds is 10. The van der Waals surface area contributed by atoms with Gasteiger partial charge < -0.3 is 30.1 Å². The van der Waals surface area contributed by atoms with Gasteiger partial charge in [-0.2, -0.15) is 0 Å². The number of benzene rings is 1. The molecule has 1 aliphatic heterocycles. The number of hydrogen-bond acceptors (Lipinski definition) is 5. The molecule has 2 fully saturated rings. The summed E-state index contributed by atoms with van der Waals surface area (Å²) in [6.45, 7) is 6.19. The standard InChI is InChI=1S/C22H36N4O3/c1-3-23-22(24-13-19(27)16-29-15-17-10-11-17)25-18-7-6-12-26(14-18)20-8-4-5-9-21(20)28-2/h4-5,8-9,17-19,27H,3,6-7,10-16H2,1-2H3,(H2,23,24,25). The van der Waals surface area contributed by atoms with Crippen molar-refractivity contribution in [2.45, 2.75) is 44.8 Å². The van der Waals surface area contributed by atoms with Crippen molar-refractivity contribution in [3.63, 3.8) is 0 Å². The SMILES string of the molecule is CCNC(=NCC(O)COCC1CC1)NC1CCCN(c2ccccc2OC)C1. The van der Waals surface area contributed by atoms with Crippen LogP contribution in [-0.2, 0) is 4.74 Å². The molecule has 0 radical (unpaired) electrons. The van der Waals surface area contributed by atoms with Gasteiger partial charge in [0.1, 0.15) is 5.75 Å². The third-order valence-corrected chi connectivity index (χ3v) is 5.35. The van der Waals surface area contributed by atoms with Crippen molar-refractivity contribution in [3.8, 4) is 5.75 Å². The molecule has 0 amide bonds. The topological polar surface area (TPSA) is 78.4 Å². The maximum absolute atomic E-state index is 10.1. The van der Waals surface area contributed by atoms with E-state index < -0.39 is 6.10 Å². The molecule has 162 valence electrons. The molecular weight excluding hydrogens is 368 g/mol. The Morgan fingerprint density at radius 1 is 1.31 bits per heavy atom. The second kappa shape index (κ2) is 11.3. The summed E-state index contributed by atoms with van der Waals surface area (Å²) in [6, 6.07) is 8.45. The van der Waals surface area contributed by atoms with Crippen molar-refractivity contribution in [1.29, 1.82) is 0 Å². The molecule has 1 aromatic rings. The molecule has 0 spiro atoms. The molecule has 1 aromatic carbocycles. The first-order chi connectivity index (χ1) is 14.2. The molecule has 0 bridgehead atoms. The van der Waals surface area contributed by atoms with E-state index in [9.17, 15) is 5.11 Å². The second-order valence-electron chi connectivity index (χ2n) is 7.96. The van der Waals surface area contributed by atoms with Crippen LogP contribution in [0.5, 0.6) is 5.75 Å². The maximum Gasteiger partial charge on any atom is 0.191 e. The maximum atomic E-state index is 10.1. The summed E-state index contributed by atoms with van der Waals surface area (Å²) in [4.78, 5) is 6.94. The Balaban J connectivity index is 1.51. The van der Waals surface area contributed by atoms with Crippen LogP contribution in [0.3, 0.4) is 0 Å². The van der Waals surface area contributed by atoms with E-state index in [0.717, 1.165) is 56.5 Å². The van der Waals surface area contributed by atoms with Gasteiger partial charge in [-0.05, 0) is 50.7 Å². The molecule has 7 nitrogen and oxygen atoms in total. The number of anilines is 1. The van der Waals surface area contributed by atoms with E-state index in [1.54, 1.807) is 7.11 Å². The fourth-order valence-electron chi connectivity index (χ4n) is 3.62. The number of guanidine groups is 1. The van der Waals surface area contributed by atoms with Crippen LogP contribution < -0.4 is 20.3 Å². The number of piperidine rings is 1. The minimum atomic E-state index is -0.569. The van der Waals surface area contributed by atoms with Crippen LogP contribution in [0.1, 0.15) is 32.6 Å².